The summed E-state index contributed by atoms with van der Waals surface area (Å²) in [6.07, 6.45) is 0. The predicted molar refractivity (Wildman–Crippen MR) is 106 cm³/mol. The van der Waals surface area contributed by atoms with Crippen LogP contribution in [0.1, 0.15) is 33.2 Å². The Kier molecular flexibility index (Phi) is 4.63. The summed E-state index contributed by atoms with van der Waals surface area (Å²) < 4.78 is 0. The summed E-state index contributed by atoms with van der Waals surface area (Å²) in [5.41, 5.74) is 3.10. The van der Waals surface area contributed by atoms with Crippen LogP contribution >= 0.6 is 0 Å². The van der Waals surface area contributed by atoms with E-state index in [0.717, 1.165) is 17.1 Å². The van der Waals surface area contributed by atoms with Gasteiger partial charge < -0.3 is 9.80 Å². The minimum absolute atomic E-state index is 0.154. The summed E-state index contributed by atoms with van der Waals surface area (Å²) in [5.74, 6) is -0.967. The molecule has 2 aliphatic rings. The lowest BCUT2D eigenvalue weighted by atomic mass is 10.1. The number of hydrogen-bond donors (Lipinski definition) is 0. The van der Waals surface area contributed by atoms with Gasteiger partial charge in [-0.05, 0) is 43.7 Å². The Morgan fingerprint density at radius 1 is 1.00 bits per heavy atom. The minimum Gasteiger partial charge on any atom is -0.365 e. The number of nitrogens with zero attached hydrogens (tertiary/aromatic N) is 3. The van der Waals surface area contributed by atoms with Crippen LogP contribution in [0.3, 0.4) is 0 Å². The molecule has 0 aromatic heterocycles. The van der Waals surface area contributed by atoms with E-state index >= 15 is 0 Å². The number of amides is 3. The van der Waals surface area contributed by atoms with Crippen LogP contribution in [0.2, 0.25) is 0 Å². The first-order valence-electron chi connectivity index (χ1n) is 9.52. The number of imide groups is 1. The number of piperazine rings is 1. The first-order chi connectivity index (χ1) is 13.5. The maximum Gasteiger partial charge on any atom is 0.262 e. The van der Waals surface area contributed by atoms with E-state index in [0.29, 0.717) is 24.2 Å². The molecule has 0 unspecified atom stereocenters. The first-order valence-corrected chi connectivity index (χ1v) is 9.52. The number of carbonyl (C=O) groups excluding carboxylic acids is 3. The summed E-state index contributed by atoms with van der Waals surface area (Å²) in [7, 11) is 0. The fourth-order valence-electron chi connectivity index (χ4n) is 3.99. The molecule has 0 bridgehead atoms. The first kappa shape index (κ1) is 18.2. The molecule has 1 atom stereocenters. The van der Waals surface area contributed by atoms with Crippen molar-refractivity contribution >= 4 is 23.4 Å². The zero-order chi connectivity index (χ0) is 19.8. The van der Waals surface area contributed by atoms with Gasteiger partial charge in [0.1, 0.15) is 6.54 Å². The Morgan fingerprint density at radius 3 is 2.29 bits per heavy atom. The number of aryl methyl sites for hydroxylation is 1. The van der Waals surface area contributed by atoms with Gasteiger partial charge in [0.2, 0.25) is 5.91 Å². The van der Waals surface area contributed by atoms with E-state index in [1.54, 1.807) is 29.2 Å². The van der Waals surface area contributed by atoms with Crippen molar-refractivity contribution in [1.82, 2.24) is 9.80 Å². The molecule has 28 heavy (non-hydrogen) atoms. The fourth-order valence-corrected chi connectivity index (χ4v) is 3.99. The smallest absolute Gasteiger partial charge is 0.262 e. The third-order valence-corrected chi connectivity index (χ3v) is 5.49. The Balaban J connectivity index is 1.42. The van der Waals surface area contributed by atoms with E-state index in [1.807, 2.05) is 6.07 Å². The predicted octanol–water partition coefficient (Wildman–Crippen LogP) is 2.33. The van der Waals surface area contributed by atoms with E-state index in [4.69, 9.17) is 0 Å². The normalized spacial score (nSPS) is 19.2. The Labute approximate surface area is 164 Å². The van der Waals surface area contributed by atoms with Gasteiger partial charge in [0.25, 0.3) is 11.8 Å². The van der Waals surface area contributed by atoms with Gasteiger partial charge in [-0.1, -0.05) is 24.3 Å². The van der Waals surface area contributed by atoms with E-state index in [1.165, 1.54) is 5.56 Å². The van der Waals surface area contributed by atoms with Gasteiger partial charge in [-0.2, -0.15) is 0 Å². The Hall–Kier alpha value is -3.15. The number of benzene rings is 2. The molecule has 0 N–H and O–H groups in total. The minimum atomic E-state index is -0.389. The van der Waals surface area contributed by atoms with Crippen LogP contribution in [0.4, 0.5) is 5.69 Å². The van der Waals surface area contributed by atoms with Gasteiger partial charge in [0, 0.05) is 31.4 Å². The molecule has 6 nitrogen and oxygen atoms in total. The lowest BCUT2D eigenvalue weighted by Gasteiger charge is -2.41. The number of carbonyl (C=O) groups is 3. The van der Waals surface area contributed by atoms with Gasteiger partial charge >= 0.3 is 0 Å². The van der Waals surface area contributed by atoms with Gasteiger partial charge in [-0.25, -0.2) is 0 Å². The van der Waals surface area contributed by atoms with Crippen molar-refractivity contribution in [2.75, 3.05) is 31.1 Å². The molecular weight excluding hydrogens is 354 g/mol. The van der Waals surface area contributed by atoms with Crippen LogP contribution in [0, 0.1) is 6.92 Å². The Morgan fingerprint density at radius 2 is 1.68 bits per heavy atom. The van der Waals surface area contributed by atoms with E-state index in [9.17, 15) is 14.4 Å². The Bertz CT molecular complexity index is 921. The van der Waals surface area contributed by atoms with Crippen molar-refractivity contribution in [3.8, 4) is 0 Å². The van der Waals surface area contributed by atoms with Crippen molar-refractivity contribution in [1.29, 1.82) is 0 Å². The highest BCUT2D eigenvalue weighted by Gasteiger charge is 2.37. The van der Waals surface area contributed by atoms with Crippen LogP contribution in [0.25, 0.3) is 0 Å². The molecule has 0 saturated carbocycles. The number of rotatable bonds is 3. The molecule has 0 aliphatic carbocycles. The van der Waals surface area contributed by atoms with E-state index in [2.05, 4.69) is 36.9 Å². The lowest BCUT2D eigenvalue weighted by molar-refractivity contribution is -0.132. The fraction of sp³-hybridized carbons (Fsp3) is 0.318. The molecular formula is C22H23N3O3. The number of anilines is 1. The highest BCUT2D eigenvalue weighted by Crippen LogP contribution is 2.24. The van der Waals surface area contributed by atoms with Gasteiger partial charge in [-0.15, -0.1) is 0 Å². The van der Waals surface area contributed by atoms with Crippen LogP contribution in [-0.2, 0) is 4.79 Å². The summed E-state index contributed by atoms with van der Waals surface area (Å²) in [5, 5.41) is 0. The zero-order valence-electron chi connectivity index (χ0n) is 16.1. The standard InChI is InChI=1S/C22H23N3O3/c1-15-6-5-7-17(12-15)24-11-10-23(13-16(24)2)20(26)14-25-21(27)18-8-3-4-9-19(18)22(25)28/h3-9,12,16H,10-11,13-14H2,1-2H3/t16-/m1/s1. The second-order valence-electron chi connectivity index (χ2n) is 7.46. The summed E-state index contributed by atoms with van der Waals surface area (Å²) in [4.78, 5) is 42.9. The molecule has 2 aliphatic heterocycles. The second kappa shape index (κ2) is 7.11. The molecule has 1 fully saturated rings. The molecule has 1 saturated heterocycles. The topological polar surface area (TPSA) is 60.9 Å². The molecule has 2 aromatic rings. The maximum atomic E-state index is 12.8. The SMILES string of the molecule is Cc1cccc(N2CCN(C(=O)CN3C(=O)c4ccccc4C3=O)C[C@H]2C)c1. The molecule has 6 heteroatoms. The van der Waals surface area contributed by atoms with Crippen LogP contribution in [0.5, 0.6) is 0 Å². The summed E-state index contributed by atoms with van der Waals surface area (Å²) in [6, 6.07) is 15.2. The largest absolute Gasteiger partial charge is 0.365 e. The van der Waals surface area contributed by atoms with Gasteiger partial charge in [0.15, 0.2) is 0 Å². The van der Waals surface area contributed by atoms with E-state index < -0.39 is 0 Å². The van der Waals surface area contributed by atoms with Crippen LogP contribution in [-0.4, -0.2) is 59.7 Å². The zero-order valence-corrected chi connectivity index (χ0v) is 16.1. The molecule has 4 rings (SSSR count). The molecule has 2 aromatic carbocycles. The summed E-state index contributed by atoms with van der Waals surface area (Å²) >= 11 is 0. The number of fused-ring (bicyclic) bond motifs is 1. The average molecular weight is 377 g/mol. The highest BCUT2D eigenvalue weighted by atomic mass is 16.2. The molecule has 2 heterocycles. The van der Waals surface area contributed by atoms with Crippen LogP contribution in [0.15, 0.2) is 48.5 Å². The van der Waals surface area contributed by atoms with Crippen molar-refractivity contribution in [3.63, 3.8) is 0 Å². The lowest BCUT2D eigenvalue weighted by Crippen LogP contribution is -2.55. The molecule has 144 valence electrons. The van der Waals surface area contributed by atoms with E-state index in [-0.39, 0.29) is 30.3 Å². The third kappa shape index (κ3) is 3.15. The summed E-state index contributed by atoms with van der Waals surface area (Å²) in [6.45, 7) is 5.80. The monoisotopic (exact) mass is 377 g/mol. The van der Waals surface area contributed by atoms with Crippen LogP contribution < -0.4 is 4.90 Å². The van der Waals surface area contributed by atoms with Crippen molar-refractivity contribution in [3.05, 3.63) is 65.2 Å². The number of hydrogen-bond acceptors (Lipinski definition) is 4. The van der Waals surface area contributed by atoms with Gasteiger partial charge in [-0.3, -0.25) is 19.3 Å². The highest BCUT2D eigenvalue weighted by molar-refractivity contribution is 6.22. The van der Waals surface area contributed by atoms with Gasteiger partial charge in [0.05, 0.1) is 11.1 Å². The second-order valence-corrected chi connectivity index (χ2v) is 7.46. The average Bonchev–Trinajstić information content (AvgIpc) is 2.93. The van der Waals surface area contributed by atoms with Crippen molar-refractivity contribution < 1.29 is 14.4 Å². The molecule has 3 amide bonds. The molecule has 0 spiro atoms. The molecule has 0 radical (unpaired) electrons. The van der Waals surface area contributed by atoms with Crippen molar-refractivity contribution in [2.24, 2.45) is 0 Å². The third-order valence-electron chi connectivity index (χ3n) is 5.49. The quantitative estimate of drug-likeness (QED) is 0.771. The maximum absolute atomic E-state index is 12.8. The van der Waals surface area contributed by atoms with Crippen molar-refractivity contribution in [2.45, 2.75) is 19.9 Å².